The molecule has 0 bridgehead atoms. The second kappa shape index (κ2) is 5.27. The number of hydrogen-bond donors (Lipinski definition) is 1. The molecule has 1 aliphatic heterocycles. The molecule has 2 fully saturated rings. The number of aromatic amines is 1. The van der Waals surface area contributed by atoms with Gasteiger partial charge in [0.2, 0.25) is 5.91 Å². The van der Waals surface area contributed by atoms with Crippen LogP contribution in [0, 0.1) is 12.8 Å². The maximum absolute atomic E-state index is 12.4. The Hall–Kier alpha value is -2.10. The zero-order chi connectivity index (χ0) is 15.1. The summed E-state index contributed by atoms with van der Waals surface area (Å²) in [5.41, 5.74) is 3.42. The molecule has 1 atom stereocenters. The molecule has 4 nitrogen and oxygen atoms in total. The van der Waals surface area contributed by atoms with Crippen LogP contribution in [0.25, 0.3) is 11.3 Å². The van der Waals surface area contributed by atoms with E-state index in [0.29, 0.717) is 5.91 Å². The van der Waals surface area contributed by atoms with Crippen molar-refractivity contribution < 1.29 is 4.79 Å². The van der Waals surface area contributed by atoms with E-state index in [9.17, 15) is 4.79 Å². The largest absolute Gasteiger partial charge is 0.340 e. The summed E-state index contributed by atoms with van der Waals surface area (Å²) in [7, 11) is 0. The van der Waals surface area contributed by atoms with Crippen molar-refractivity contribution in [2.45, 2.75) is 38.6 Å². The maximum Gasteiger partial charge on any atom is 0.226 e. The fraction of sp³-hybridized carbons (Fsp3) is 0.444. The van der Waals surface area contributed by atoms with Gasteiger partial charge in [-0.15, -0.1) is 0 Å². The highest BCUT2D eigenvalue weighted by Crippen LogP contribution is 2.38. The predicted octanol–water partition coefficient (Wildman–Crippen LogP) is 3.46. The van der Waals surface area contributed by atoms with Gasteiger partial charge in [-0.3, -0.25) is 4.79 Å². The summed E-state index contributed by atoms with van der Waals surface area (Å²) in [6.45, 7) is 2.96. The van der Waals surface area contributed by atoms with Crippen LogP contribution in [0.4, 0.5) is 0 Å². The molecule has 2 aliphatic rings. The number of aromatic nitrogens is 2. The van der Waals surface area contributed by atoms with Crippen LogP contribution >= 0.6 is 0 Å². The Morgan fingerprint density at radius 1 is 1.23 bits per heavy atom. The molecule has 4 heteroatoms. The van der Waals surface area contributed by atoms with Crippen molar-refractivity contribution in [3.8, 4) is 11.3 Å². The van der Waals surface area contributed by atoms with E-state index in [1.807, 2.05) is 11.1 Å². The van der Waals surface area contributed by atoms with Gasteiger partial charge >= 0.3 is 0 Å². The first-order valence-electron chi connectivity index (χ1n) is 8.15. The number of carbonyl (C=O) groups is 1. The quantitative estimate of drug-likeness (QED) is 0.942. The SMILES string of the molecule is Cc1ccc(-c2cnc([C@@H]3CCCN3C(=O)C3CC3)[nH]2)cc1. The van der Waals surface area contributed by atoms with Crippen molar-refractivity contribution in [3.05, 3.63) is 41.9 Å². The van der Waals surface area contributed by atoms with Crippen LogP contribution in [-0.4, -0.2) is 27.3 Å². The van der Waals surface area contributed by atoms with Crippen molar-refractivity contribution in [1.29, 1.82) is 0 Å². The number of carbonyl (C=O) groups excluding carboxylic acids is 1. The molecular formula is C18H21N3O. The molecule has 2 heterocycles. The van der Waals surface area contributed by atoms with E-state index in [1.54, 1.807) is 0 Å². The minimum absolute atomic E-state index is 0.132. The van der Waals surface area contributed by atoms with Crippen LogP contribution in [0.1, 0.15) is 43.1 Å². The highest BCUT2D eigenvalue weighted by atomic mass is 16.2. The van der Waals surface area contributed by atoms with Gasteiger partial charge < -0.3 is 9.88 Å². The Kier molecular flexibility index (Phi) is 3.25. The monoisotopic (exact) mass is 295 g/mol. The lowest BCUT2D eigenvalue weighted by Crippen LogP contribution is -2.32. The average Bonchev–Trinajstić information content (AvgIpc) is 3.07. The van der Waals surface area contributed by atoms with Crippen molar-refractivity contribution in [2.75, 3.05) is 6.54 Å². The summed E-state index contributed by atoms with van der Waals surface area (Å²) in [6.07, 6.45) is 6.10. The molecule has 0 radical (unpaired) electrons. The van der Waals surface area contributed by atoms with Crippen LogP contribution in [-0.2, 0) is 4.79 Å². The van der Waals surface area contributed by atoms with Crippen molar-refractivity contribution in [1.82, 2.24) is 14.9 Å². The van der Waals surface area contributed by atoms with Gasteiger partial charge in [0.15, 0.2) is 0 Å². The maximum atomic E-state index is 12.4. The van der Waals surface area contributed by atoms with Gasteiger partial charge in [0.1, 0.15) is 5.82 Å². The molecule has 2 aromatic rings. The van der Waals surface area contributed by atoms with Crippen LogP contribution in [0.5, 0.6) is 0 Å². The average molecular weight is 295 g/mol. The second-order valence-corrected chi connectivity index (χ2v) is 6.51. The van der Waals surface area contributed by atoms with Gasteiger partial charge in [-0.1, -0.05) is 29.8 Å². The Bertz CT molecular complexity index is 685. The summed E-state index contributed by atoms with van der Waals surface area (Å²) in [6, 6.07) is 8.55. The number of nitrogens with one attached hydrogen (secondary N) is 1. The first kappa shape index (κ1) is 13.6. The Labute approximate surface area is 130 Å². The topological polar surface area (TPSA) is 49.0 Å². The lowest BCUT2D eigenvalue weighted by atomic mass is 10.1. The molecular weight excluding hydrogens is 274 g/mol. The molecule has 0 unspecified atom stereocenters. The first-order chi connectivity index (χ1) is 10.7. The second-order valence-electron chi connectivity index (χ2n) is 6.51. The Morgan fingerprint density at radius 2 is 2.00 bits per heavy atom. The lowest BCUT2D eigenvalue weighted by Gasteiger charge is -2.23. The number of rotatable bonds is 3. The van der Waals surface area contributed by atoms with Gasteiger partial charge in [0, 0.05) is 12.5 Å². The molecule has 114 valence electrons. The number of benzene rings is 1. The molecule has 1 saturated heterocycles. The number of imidazole rings is 1. The van der Waals surface area contributed by atoms with Crippen LogP contribution in [0.15, 0.2) is 30.5 Å². The summed E-state index contributed by atoms with van der Waals surface area (Å²) in [4.78, 5) is 22.4. The minimum atomic E-state index is 0.132. The molecule has 1 N–H and O–H groups in total. The number of aryl methyl sites for hydroxylation is 1. The summed E-state index contributed by atoms with van der Waals surface area (Å²) in [5, 5.41) is 0. The molecule has 0 spiro atoms. The first-order valence-corrected chi connectivity index (χ1v) is 8.15. The van der Waals surface area contributed by atoms with Crippen molar-refractivity contribution in [2.24, 2.45) is 5.92 Å². The summed E-state index contributed by atoms with van der Waals surface area (Å²) in [5.74, 6) is 1.55. The zero-order valence-electron chi connectivity index (χ0n) is 12.9. The highest BCUT2D eigenvalue weighted by molar-refractivity contribution is 5.81. The van der Waals surface area contributed by atoms with E-state index in [4.69, 9.17) is 0 Å². The number of H-pyrrole nitrogens is 1. The molecule has 1 aliphatic carbocycles. The van der Waals surface area contributed by atoms with Crippen LogP contribution in [0.2, 0.25) is 0 Å². The van der Waals surface area contributed by atoms with Gasteiger partial charge in [-0.05, 0) is 38.2 Å². The summed E-state index contributed by atoms with van der Waals surface area (Å²) < 4.78 is 0. The lowest BCUT2D eigenvalue weighted by molar-refractivity contribution is -0.133. The molecule has 1 amide bonds. The van der Waals surface area contributed by atoms with Gasteiger partial charge in [-0.2, -0.15) is 0 Å². The third-order valence-corrected chi connectivity index (χ3v) is 4.74. The fourth-order valence-corrected chi connectivity index (χ4v) is 3.27. The van der Waals surface area contributed by atoms with Crippen LogP contribution in [0.3, 0.4) is 0 Å². The van der Waals surface area contributed by atoms with Crippen molar-refractivity contribution in [3.63, 3.8) is 0 Å². The molecule has 22 heavy (non-hydrogen) atoms. The normalized spacial score (nSPS) is 21.3. The van der Waals surface area contributed by atoms with Crippen LogP contribution < -0.4 is 0 Å². The van der Waals surface area contributed by atoms with E-state index >= 15 is 0 Å². The predicted molar refractivity (Wildman–Crippen MR) is 85.2 cm³/mol. The van der Waals surface area contributed by atoms with Gasteiger partial charge in [-0.25, -0.2) is 4.98 Å². The molecule has 1 saturated carbocycles. The highest BCUT2D eigenvalue weighted by Gasteiger charge is 2.39. The Balaban J connectivity index is 1.57. The number of likely N-dealkylation sites (tertiary alicyclic amines) is 1. The van der Waals surface area contributed by atoms with E-state index in [2.05, 4.69) is 41.2 Å². The van der Waals surface area contributed by atoms with E-state index in [-0.39, 0.29) is 12.0 Å². The van der Waals surface area contributed by atoms with E-state index < -0.39 is 0 Å². The Morgan fingerprint density at radius 3 is 2.73 bits per heavy atom. The third kappa shape index (κ3) is 2.43. The van der Waals surface area contributed by atoms with E-state index in [1.165, 1.54) is 5.56 Å². The zero-order valence-corrected chi connectivity index (χ0v) is 12.9. The number of nitrogens with zero attached hydrogens (tertiary/aromatic N) is 2. The minimum Gasteiger partial charge on any atom is -0.340 e. The standard InChI is InChI=1S/C18H21N3O/c1-12-4-6-13(7-5-12)15-11-19-17(20-15)16-3-2-10-21(16)18(22)14-8-9-14/h4-7,11,14,16H,2-3,8-10H2,1H3,(H,19,20)/t16-/m0/s1. The summed E-state index contributed by atoms with van der Waals surface area (Å²) >= 11 is 0. The fourth-order valence-electron chi connectivity index (χ4n) is 3.27. The molecule has 1 aromatic heterocycles. The van der Waals surface area contributed by atoms with Gasteiger partial charge in [0.25, 0.3) is 0 Å². The molecule has 4 rings (SSSR count). The number of amides is 1. The number of hydrogen-bond acceptors (Lipinski definition) is 2. The third-order valence-electron chi connectivity index (χ3n) is 4.74. The smallest absolute Gasteiger partial charge is 0.226 e. The van der Waals surface area contributed by atoms with Gasteiger partial charge in [0.05, 0.1) is 17.9 Å². The van der Waals surface area contributed by atoms with Crippen molar-refractivity contribution >= 4 is 5.91 Å². The van der Waals surface area contributed by atoms with E-state index in [0.717, 1.165) is 49.3 Å². The molecule has 1 aromatic carbocycles.